The van der Waals surface area contributed by atoms with Gasteiger partial charge in [-0.2, -0.15) is 0 Å². The molecule has 2 aromatic rings. The van der Waals surface area contributed by atoms with Crippen molar-refractivity contribution in [3.63, 3.8) is 0 Å². The van der Waals surface area contributed by atoms with Crippen molar-refractivity contribution in [1.82, 2.24) is 4.90 Å². The number of anilines is 1. The lowest BCUT2D eigenvalue weighted by Crippen LogP contribution is -2.37. The first kappa shape index (κ1) is 17.7. The molecule has 0 aliphatic rings. The number of benzene rings is 2. The Morgan fingerprint density at radius 1 is 1.08 bits per heavy atom. The Balaban J connectivity index is 2.25. The van der Waals surface area contributed by atoms with Crippen LogP contribution in [0.1, 0.15) is 43.1 Å². The number of carbonyl (C=O) groups excluding carboxylic acids is 2. The third kappa shape index (κ3) is 4.69. The van der Waals surface area contributed by atoms with E-state index in [0.717, 1.165) is 12.0 Å². The first-order chi connectivity index (χ1) is 11.5. The fraction of sp³-hybridized carbons (Fsp3) is 0.300. The molecule has 0 fully saturated rings. The van der Waals surface area contributed by atoms with E-state index in [1.165, 1.54) is 6.92 Å². The molecule has 0 radical (unpaired) electrons. The Morgan fingerprint density at radius 2 is 1.79 bits per heavy atom. The number of hydrogen-bond acceptors (Lipinski definition) is 2. The van der Waals surface area contributed by atoms with Crippen molar-refractivity contribution in [1.29, 1.82) is 0 Å². The average molecular weight is 324 g/mol. The smallest absolute Gasteiger partial charge is 0.254 e. The van der Waals surface area contributed by atoms with Crippen LogP contribution in [0.5, 0.6) is 0 Å². The number of rotatable bonds is 6. The van der Waals surface area contributed by atoms with Gasteiger partial charge in [0.05, 0.1) is 0 Å². The number of nitrogens with one attached hydrogen (secondary N) is 1. The summed E-state index contributed by atoms with van der Waals surface area (Å²) in [6.07, 6.45) is 0.879. The van der Waals surface area contributed by atoms with Gasteiger partial charge in [0.2, 0.25) is 5.91 Å². The van der Waals surface area contributed by atoms with Crippen molar-refractivity contribution in [3.05, 3.63) is 65.7 Å². The van der Waals surface area contributed by atoms with Crippen LogP contribution in [-0.2, 0) is 11.3 Å². The van der Waals surface area contributed by atoms with Gasteiger partial charge in [0.15, 0.2) is 0 Å². The highest BCUT2D eigenvalue weighted by Crippen LogP contribution is 2.18. The van der Waals surface area contributed by atoms with Gasteiger partial charge in [-0.25, -0.2) is 0 Å². The molecule has 126 valence electrons. The van der Waals surface area contributed by atoms with Gasteiger partial charge in [-0.15, -0.1) is 0 Å². The second-order valence-electron chi connectivity index (χ2n) is 5.94. The summed E-state index contributed by atoms with van der Waals surface area (Å²) in [5, 5.41) is 2.72. The molecular formula is C20H24N2O2. The maximum absolute atomic E-state index is 13.0. The summed E-state index contributed by atoms with van der Waals surface area (Å²) in [7, 11) is 0. The Morgan fingerprint density at radius 3 is 2.42 bits per heavy atom. The van der Waals surface area contributed by atoms with E-state index in [2.05, 4.69) is 19.2 Å². The zero-order valence-corrected chi connectivity index (χ0v) is 14.5. The van der Waals surface area contributed by atoms with E-state index in [1.54, 1.807) is 24.3 Å². The molecule has 2 amide bonds. The Bertz CT molecular complexity index is 698. The summed E-state index contributed by atoms with van der Waals surface area (Å²) in [6, 6.07) is 17.2. The predicted octanol–water partition coefficient (Wildman–Crippen LogP) is 4.09. The van der Waals surface area contributed by atoms with Gasteiger partial charge < -0.3 is 10.2 Å². The largest absolute Gasteiger partial charge is 0.332 e. The average Bonchev–Trinajstić information content (AvgIpc) is 2.59. The van der Waals surface area contributed by atoms with E-state index in [-0.39, 0.29) is 17.9 Å². The number of carbonyl (C=O) groups is 2. The molecule has 24 heavy (non-hydrogen) atoms. The van der Waals surface area contributed by atoms with Crippen molar-refractivity contribution in [2.75, 3.05) is 5.32 Å². The van der Waals surface area contributed by atoms with Gasteiger partial charge in [0.25, 0.3) is 5.91 Å². The van der Waals surface area contributed by atoms with E-state index in [0.29, 0.717) is 17.8 Å². The van der Waals surface area contributed by atoms with Crippen molar-refractivity contribution in [2.24, 2.45) is 0 Å². The third-order valence-electron chi connectivity index (χ3n) is 4.01. The standard InChI is InChI=1S/C20H24N2O2/c1-4-15(2)22(14-17-9-6-5-7-10-17)20(24)18-11-8-12-19(13-18)21-16(3)23/h5-13,15H,4,14H2,1-3H3,(H,21,23). The molecule has 0 aliphatic heterocycles. The number of nitrogens with zero attached hydrogens (tertiary/aromatic N) is 1. The molecular weight excluding hydrogens is 300 g/mol. The van der Waals surface area contributed by atoms with E-state index < -0.39 is 0 Å². The van der Waals surface area contributed by atoms with Crippen LogP contribution in [0.15, 0.2) is 54.6 Å². The Hall–Kier alpha value is -2.62. The van der Waals surface area contributed by atoms with Crippen LogP contribution < -0.4 is 5.32 Å². The molecule has 2 rings (SSSR count). The fourth-order valence-electron chi connectivity index (χ4n) is 2.53. The minimum Gasteiger partial charge on any atom is -0.332 e. The monoisotopic (exact) mass is 324 g/mol. The fourth-order valence-corrected chi connectivity index (χ4v) is 2.53. The van der Waals surface area contributed by atoms with Crippen molar-refractivity contribution in [3.8, 4) is 0 Å². The highest BCUT2D eigenvalue weighted by molar-refractivity contribution is 5.97. The number of hydrogen-bond donors (Lipinski definition) is 1. The molecule has 1 unspecified atom stereocenters. The van der Waals surface area contributed by atoms with Gasteiger partial charge in [0, 0.05) is 30.8 Å². The highest BCUT2D eigenvalue weighted by atomic mass is 16.2. The van der Waals surface area contributed by atoms with Crippen LogP contribution >= 0.6 is 0 Å². The molecule has 0 bridgehead atoms. The molecule has 1 N–H and O–H groups in total. The van der Waals surface area contributed by atoms with Crippen LogP contribution in [-0.4, -0.2) is 22.8 Å². The van der Waals surface area contributed by atoms with Crippen LogP contribution in [0.4, 0.5) is 5.69 Å². The number of amides is 2. The first-order valence-electron chi connectivity index (χ1n) is 8.23. The molecule has 0 heterocycles. The minimum absolute atomic E-state index is 0.0274. The molecule has 0 saturated heterocycles. The first-order valence-corrected chi connectivity index (χ1v) is 8.23. The summed E-state index contributed by atoms with van der Waals surface area (Å²) >= 11 is 0. The molecule has 4 heteroatoms. The third-order valence-corrected chi connectivity index (χ3v) is 4.01. The lowest BCUT2D eigenvalue weighted by Gasteiger charge is -2.29. The Kier molecular flexibility index (Phi) is 6.13. The van der Waals surface area contributed by atoms with Crippen molar-refractivity contribution < 1.29 is 9.59 Å². The summed E-state index contributed by atoms with van der Waals surface area (Å²) in [6.45, 7) is 6.15. The molecule has 0 saturated carbocycles. The maximum Gasteiger partial charge on any atom is 0.254 e. The van der Waals surface area contributed by atoms with Crippen LogP contribution in [0.3, 0.4) is 0 Å². The molecule has 0 spiro atoms. The topological polar surface area (TPSA) is 49.4 Å². The van der Waals surface area contributed by atoms with Gasteiger partial charge in [0.1, 0.15) is 0 Å². The van der Waals surface area contributed by atoms with Gasteiger partial charge in [-0.3, -0.25) is 9.59 Å². The van der Waals surface area contributed by atoms with E-state index in [1.807, 2.05) is 35.2 Å². The maximum atomic E-state index is 13.0. The van der Waals surface area contributed by atoms with Crippen molar-refractivity contribution in [2.45, 2.75) is 39.8 Å². The quantitative estimate of drug-likeness (QED) is 0.870. The van der Waals surface area contributed by atoms with Crippen molar-refractivity contribution >= 4 is 17.5 Å². The molecule has 4 nitrogen and oxygen atoms in total. The van der Waals surface area contributed by atoms with Crippen LogP contribution in [0, 0.1) is 0 Å². The molecule has 1 atom stereocenters. The normalized spacial score (nSPS) is 11.6. The van der Waals surface area contributed by atoms with E-state index >= 15 is 0 Å². The highest BCUT2D eigenvalue weighted by Gasteiger charge is 2.21. The predicted molar refractivity (Wildman–Crippen MR) is 96.8 cm³/mol. The van der Waals surface area contributed by atoms with E-state index in [9.17, 15) is 9.59 Å². The molecule has 2 aromatic carbocycles. The zero-order chi connectivity index (χ0) is 17.5. The minimum atomic E-state index is -0.150. The van der Waals surface area contributed by atoms with Crippen LogP contribution in [0.25, 0.3) is 0 Å². The Labute approximate surface area is 143 Å². The van der Waals surface area contributed by atoms with Crippen LogP contribution in [0.2, 0.25) is 0 Å². The second kappa shape index (κ2) is 8.29. The van der Waals surface area contributed by atoms with Gasteiger partial charge in [-0.05, 0) is 37.1 Å². The second-order valence-corrected chi connectivity index (χ2v) is 5.94. The van der Waals surface area contributed by atoms with Gasteiger partial charge in [-0.1, -0.05) is 43.3 Å². The SMILES string of the molecule is CCC(C)N(Cc1ccccc1)C(=O)c1cccc(NC(C)=O)c1. The zero-order valence-electron chi connectivity index (χ0n) is 14.5. The summed E-state index contributed by atoms with van der Waals surface area (Å²) in [4.78, 5) is 26.1. The van der Waals surface area contributed by atoms with E-state index in [4.69, 9.17) is 0 Å². The summed E-state index contributed by atoms with van der Waals surface area (Å²) < 4.78 is 0. The van der Waals surface area contributed by atoms with Gasteiger partial charge >= 0.3 is 0 Å². The molecule has 0 aliphatic carbocycles. The molecule has 0 aromatic heterocycles. The lowest BCUT2D eigenvalue weighted by atomic mass is 10.1. The lowest BCUT2D eigenvalue weighted by molar-refractivity contribution is -0.114. The summed E-state index contributed by atoms with van der Waals surface area (Å²) in [5.74, 6) is -0.178. The summed E-state index contributed by atoms with van der Waals surface area (Å²) in [5.41, 5.74) is 2.32.